The number of fused-ring (bicyclic) bond motifs is 2. The van der Waals surface area contributed by atoms with Crippen molar-refractivity contribution in [3.8, 4) is 0 Å². The van der Waals surface area contributed by atoms with Crippen molar-refractivity contribution in [1.29, 1.82) is 0 Å². The van der Waals surface area contributed by atoms with Crippen LogP contribution in [0.1, 0.15) is 11.1 Å². The van der Waals surface area contributed by atoms with Crippen molar-refractivity contribution in [2.75, 3.05) is 0 Å². The van der Waals surface area contributed by atoms with Crippen LogP contribution in [0, 0.1) is 0 Å². The molecule has 0 amide bonds. The van der Waals surface area contributed by atoms with E-state index < -0.39 is 24.0 Å². The summed E-state index contributed by atoms with van der Waals surface area (Å²) in [5, 5.41) is 28.6. The Balaban J connectivity index is 1.65. The second-order valence-electron chi connectivity index (χ2n) is 7.52. The van der Waals surface area contributed by atoms with Gasteiger partial charge in [-0.15, -0.1) is 10.2 Å². The summed E-state index contributed by atoms with van der Waals surface area (Å²) in [4.78, 5) is 28.4. The largest absolute Gasteiger partial charge is 0.480 e. The first-order valence-corrected chi connectivity index (χ1v) is 9.91. The Morgan fingerprint density at radius 1 is 0.781 bits per heavy atom. The van der Waals surface area contributed by atoms with E-state index in [1.165, 1.54) is 0 Å². The fourth-order valence-corrected chi connectivity index (χ4v) is 3.65. The number of H-pyrrole nitrogens is 2. The van der Waals surface area contributed by atoms with Gasteiger partial charge in [0.15, 0.2) is 0 Å². The number of aromatic amines is 2. The Morgan fingerprint density at radius 2 is 1.19 bits per heavy atom. The minimum absolute atomic E-state index is 0.193. The molecule has 0 aliphatic heterocycles. The average Bonchev–Trinajstić information content (AvgIpc) is 3.37. The Hall–Kier alpha value is -4.02. The minimum Gasteiger partial charge on any atom is -0.480 e. The average molecular weight is 434 g/mol. The number of para-hydroxylation sites is 2. The first-order valence-electron chi connectivity index (χ1n) is 9.91. The van der Waals surface area contributed by atoms with E-state index in [2.05, 4.69) is 20.2 Å². The summed E-state index contributed by atoms with van der Waals surface area (Å²) in [5.74, 6) is -2.11. The Kier molecular flexibility index (Phi) is 5.71. The van der Waals surface area contributed by atoms with Crippen LogP contribution in [-0.4, -0.2) is 44.2 Å². The maximum absolute atomic E-state index is 11.1. The number of nitrogens with two attached hydrogens (primary N) is 2. The van der Waals surface area contributed by atoms with Crippen molar-refractivity contribution >= 4 is 45.1 Å². The summed E-state index contributed by atoms with van der Waals surface area (Å²) in [7, 11) is 0. The van der Waals surface area contributed by atoms with Gasteiger partial charge in [-0.3, -0.25) is 9.59 Å². The molecule has 2 atom stereocenters. The van der Waals surface area contributed by atoms with Gasteiger partial charge in [0.25, 0.3) is 0 Å². The fourth-order valence-electron chi connectivity index (χ4n) is 3.65. The van der Waals surface area contributed by atoms with Gasteiger partial charge in [0, 0.05) is 36.0 Å². The molecule has 2 aromatic heterocycles. The van der Waals surface area contributed by atoms with E-state index in [1.54, 1.807) is 24.5 Å². The van der Waals surface area contributed by atoms with Crippen LogP contribution in [0.5, 0.6) is 0 Å². The van der Waals surface area contributed by atoms with Crippen LogP contribution in [0.15, 0.2) is 59.0 Å². The molecule has 0 spiro atoms. The number of rotatable bonds is 8. The third kappa shape index (κ3) is 4.09. The molecule has 0 unspecified atom stereocenters. The summed E-state index contributed by atoms with van der Waals surface area (Å²) in [6, 6.07) is 9.00. The number of carboxylic acids is 2. The molecular formula is C22H22N6O4. The summed E-state index contributed by atoms with van der Waals surface area (Å²) in [6.45, 7) is 0. The lowest BCUT2D eigenvalue weighted by atomic mass is 10.1. The first kappa shape index (κ1) is 21.2. The van der Waals surface area contributed by atoms with Crippen LogP contribution in [-0.2, 0) is 22.4 Å². The number of aliphatic carboxylic acids is 2. The normalized spacial score (nSPS) is 13.7. The Labute approximate surface area is 181 Å². The molecule has 2 heterocycles. The summed E-state index contributed by atoms with van der Waals surface area (Å²) >= 11 is 0. The highest BCUT2D eigenvalue weighted by Crippen LogP contribution is 2.32. The molecule has 0 fully saturated rings. The van der Waals surface area contributed by atoms with Crippen LogP contribution in [0.25, 0.3) is 21.8 Å². The van der Waals surface area contributed by atoms with Crippen molar-refractivity contribution in [1.82, 2.24) is 9.97 Å². The lowest BCUT2D eigenvalue weighted by molar-refractivity contribution is -0.139. The minimum atomic E-state index is -1.06. The van der Waals surface area contributed by atoms with Gasteiger partial charge >= 0.3 is 11.9 Å². The molecule has 0 bridgehead atoms. The monoisotopic (exact) mass is 434 g/mol. The molecule has 32 heavy (non-hydrogen) atoms. The van der Waals surface area contributed by atoms with E-state index in [0.29, 0.717) is 11.4 Å². The number of nitrogens with one attached hydrogen (secondary N) is 2. The summed E-state index contributed by atoms with van der Waals surface area (Å²) in [6.07, 6.45) is 3.85. The van der Waals surface area contributed by atoms with Gasteiger partial charge in [-0.1, -0.05) is 24.3 Å². The van der Waals surface area contributed by atoms with E-state index in [4.69, 9.17) is 21.7 Å². The molecular weight excluding hydrogens is 412 g/mol. The van der Waals surface area contributed by atoms with Crippen LogP contribution >= 0.6 is 0 Å². The zero-order chi connectivity index (χ0) is 22.8. The number of carboxylic acid groups (broad SMARTS) is 2. The van der Waals surface area contributed by atoms with Crippen molar-refractivity contribution in [2.24, 2.45) is 21.7 Å². The predicted molar refractivity (Wildman–Crippen MR) is 119 cm³/mol. The smallest absolute Gasteiger partial charge is 0.320 e. The quantitative estimate of drug-likeness (QED) is 0.232. The van der Waals surface area contributed by atoms with E-state index in [9.17, 15) is 9.59 Å². The number of benzene rings is 2. The number of azo groups is 1. The van der Waals surface area contributed by atoms with Gasteiger partial charge in [0.05, 0.1) is 11.0 Å². The Morgan fingerprint density at radius 3 is 1.56 bits per heavy atom. The molecule has 164 valence electrons. The summed E-state index contributed by atoms with van der Waals surface area (Å²) in [5.41, 5.74) is 15.6. The predicted octanol–water partition coefficient (Wildman–Crippen LogP) is 2.97. The lowest BCUT2D eigenvalue weighted by Gasteiger charge is -2.05. The van der Waals surface area contributed by atoms with Crippen LogP contribution in [0.2, 0.25) is 0 Å². The fraction of sp³-hybridized carbons (Fsp3) is 0.182. The molecule has 10 nitrogen and oxygen atoms in total. The molecule has 4 aromatic rings. The molecule has 10 heteroatoms. The molecule has 0 saturated heterocycles. The van der Waals surface area contributed by atoms with E-state index in [1.807, 2.05) is 24.3 Å². The number of carbonyl (C=O) groups is 2. The molecule has 0 radical (unpaired) electrons. The summed E-state index contributed by atoms with van der Waals surface area (Å²) < 4.78 is 0. The van der Waals surface area contributed by atoms with Gasteiger partial charge < -0.3 is 31.6 Å². The van der Waals surface area contributed by atoms with Crippen LogP contribution in [0.4, 0.5) is 11.4 Å². The van der Waals surface area contributed by atoms with Crippen LogP contribution < -0.4 is 11.5 Å². The van der Waals surface area contributed by atoms with Gasteiger partial charge in [0.2, 0.25) is 0 Å². The lowest BCUT2D eigenvalue weighted by Crippen LogP contribution is -2.32. The van der Waals surface area contributed by atoms with E-state index in [-0.39, 0.29) is 12.8 Å². The van der Waals surface area contributed by atoms with E-state index in [0.717, 1.165) is 32.9 Å². The highest BCUT2D eigenvalue weighted by molar-refractivity contribution is 5.94. The number of aromatic nitrogens is 2. The van der Waals surface area contributed by atoms with Crippen molar-refractivity contribution in [3.05, 3.63) is 59.9 Å². The third-order valence-corrected chi connectivity index (χ3v) is 5.34. The Bertz CT molecular complexity index is 1240. The maximum atomic E-state index is 11.1. The van der Waals surface area contributed by atoms with Gasteiger partial charge in [-0.25, -0.2) is 0 Å². The highest BCUT2D eigenvalue weighted by atomic mass is 16.4. The van der Waals surface area contributed by atoms with Gasteiger partial charge in [-0.05, 0) is 23.3 Å². The number of hydrogen-bond donors (Lipinski definition) is 6. The SMILES string of the molecule is N[C@@H](Cc1c[nH]c2c(N=Nc3cccc4c(C[C@H](N)C(=O)O)c[nH]c34)cccc12)C(=O)O. The number of nitrogens with zero attached hydrogens (tertiary/aromatic N) is 2. The number of hydrogen-bond acceptors (Lipinski definition) is 6. The zero-order valence-corrected chi connectivity index (χ0v) is 16.9. The third-order valence-electron chi connectivity index (χ3n) is 5.34. The van der Waals surface area contributed by atoms with Crippen molar-refractivity contribution in [2.45, 2.75) is 24.9 Å². The van der Waals surface area contributed by atoms with Gasteiger partial charge in [-0.2, -0.15) is 0 Å². The molecule has 0 aliphatic carbocycles. The second kappa shape index (κ2) is 8.61. The van der Waals surface area contributed by atoms with Crippen molar-refractivity contribution < 1.29 is 19.8 Å². The zero-order valence-electron chi connectivity index (χ0n) is 16.9. The highest BCUT2D eigenvalue weighted by Gasteiger charge is 2.17. The topological polar surface area (TPSA) is 183 Å². The standard InChI is InChI=1S/C22H22N6O4/c23-15(21(29)30)7-11-9-25-19-13(11)3-1-5-17(19)27-28-18-6-2-4-14-12(10-26-20(14)18)8-16(24)22(31)32/h1-6,9-10,15-16,25-26H,7-8,23-24H2,(H,29,30)(H,31,32)/t15-,16-/m0/s1. The molecule has 0 saturated carbocycles. The molecule has 2 aromatic carbocycles. The second-order valence-corrected chi connectivity index (χ2v) is 7.52. The maximum Gasteiger partial charge on any atom is 0.320 e. The first-order chi connectivity index (χ1) is 15.3. The molecule has 4 rings (SSSR count). The van der Waals surface area contributed by atoms with Crippen molar-refractivity contribution in [3.63, 3.8) is 0 Å². The molecule has 8 N–H and O–H groups in total. The van der Waals surface area contributed by atoms with Crippen LogP contribution in [0.3, 0.4) is 0 Å². The van der Waals surface area contributed by atoms with E-state index >= 15 is 0 Å². The molecule has 0 aliphatic rings. The van der Waals surface area contributed by atoms with Gasteiger partial charge in [0.1, 0.15) is 23.5 Å².